The minimum atomic E-state index is -0.0984. The molecule has 6 heteroatoms. The number of hydrogen-bond acceptors (Lipinski definition) is 5. The average molecular weight is 310 g/mol. The lowest BCUT2D eigenvalue weighted by atomic mass is 9.92. The number of hydrogen-bond donors (Lipinski definition) is 2. The van der Waals surface area contributed by atoms with Crippen LogP contribution in [-0.4, -0.2) is 34.4 Å². The first-order valence-electron chi connectivity index (χ1n) is 7.49. The molecule has 21 heavy (non-hydrogen) atoms. The van der Waals surface area contributed by atoms with E-state index in [9.17, 15) is 4.79 Å². The van der Waals surface area contributed by atoms with Gasteiger partial charge in [-0.25, -0.2) is 4.98 Å². The predicted molar refractivity (Wildman–Crippen MR) is 88.8 cm³/mol. The van der Waals surface area contributed by atoms with Gasteiger partial charge in [0, 0.05) is 18.6 Å². The zero-order chi connectivity index (χ0) is 15.8. The van der Waals surface area contributed by atoms with Gasteiger partial charge in [0.05, 0.1) is 0 Å². The van der Waals surface area contributed by atoms with E-state index in [1.807, 2.05) is 4.90 Å². The van der Waals surface area contributed by atoms with Crippen LogP contribution in [0, 0.1) is 11.8 Å². The molecule has 5 nitrogen and oxygen atoms in total. The lowest BCUT2D eigenvalue weighted by Gasteiger charge is -2.34. The Morgan fingerprint density at radius 3 is 2.43 bits per heavy atom. The highest BCUT2D eigenvalue weighted by Crippen LogP contribution is 2.30. The van der Waals surface area contributed by atoms with Gasteiger partial charge < -0.3 is 16.0 Å². The summed E-state index contributed by atoms with van der Waals surface area (Å²) in [7, 11) is 0. The molecule has 1 saturated heterocycles. The third kappa shape index (κ3) is 4.09. The van der Waals surface area contributed by atoms with Gasteiger partial charge in [0.15, 0.2) is 5.13 Å². The zero-order valence-corrected chi connectivity index (χ0v) is 14.4. The highest BCUT2D eigenvalue weighted by atomic mass is 32.1. The SMILES string of the molecule is CC1CC(C)CN(C(=O)c2sc(NC(C)(C)C)nc2N)C1. The first-order valence-corrected chi connectivity index (χ1v) is 8.31. The van der Waals surface area contributed by atoms with Crippen molar-refractivity contribution in [2.75, 3.05) is 24.1 Å². The molecule has 2 rings (SSSR count). The van der Waals surface area contributed by atoms with E-state index in [0.29, 0.717) is 27.7 Å². The van der Waals surface area contributed by atoms with Crippen molar-refractivity contribution >= 4 is 28.2 Å². The number of rotatable bonds is 2. The molecule has 0 radical (unpaired) electrons. The molecule has 1 fully saturated rings. The van der Waals surface area contributed by atoms with Crippen LogP contribution in [0.1, 0.15) is 50.7 Å². The molecule has 118 valence electrons. The van der Waals surface area contributed by atoms with Crippen LogP contribution in [0.2, 0.25) is 0 Å². The van der Waals surface area contributed by atoms with E-state index in [1.165, 1.54) is 17.8 Å². The van der Waals surface area contributed by atoms with Crippen molar-refractivity contribution in [1.82, 2.24) is 9.88 Å². The minimum absolute atomic E-state index is 0.0189. The number of nitrogen functional groups attached to an aromatic ring is 1. The monoisotopic (exact) mass is 310 g/mol. The molecule has 1 aromatic heterocycles. The van der Waals surface area contributed by atoms with E-state index in [1.54, 1.807) is 0 Å². The van der Waals surface area contributed by atoms with Crippen molar-refractivity contribution in [2.45, 2.75) is 46.6 Å². The first-order chi connectivity index (χ1) is 9.65. The summed E-state index contributed by atoms with van der Waals surface area (Å²) in [4.78, 5) is 19.4. The molecule has 1 amide bonds. The molecule has 2 atom stereocenters. The zero-order valence-electron chi connectivity index (χ0n) is 13.6. The van der Waals surface area contributed by atoms with E-state index < -0.39 is 0 Å². The Morgan fingerprint density at radius 2 is 1.90 bits per heavy atom. The second-order valence-electron chi connectivity index (χ2n) is 7.26. The molecular weight excluding hydrogens is 284 g/mol. The van der Waals surface area contributed by atoms with Crippen molar-refractivity contribution in [3.8, 4) is 0 Å². The number of carbonyl (C=O) groups is 1. The average Bonchev–Trinajstić information content (AvgIpc) is 2.65. The van der Waals surface area contributed by atoms with Gasteiger partial charge in [0.2, 0.25) is 0 Å². The maximum Gasteiger partial charge on any atom is 0.267 e. The molecule has 0 saturated carbocycles. The molecule has 1 aliphatic rings. The van der Waals surface area contributed by atoms with E-state index in [2.05, 4.69) is 44.9 Å². The maximum absolute atomic E-state index is 12.7. The number of piperidine rings is 1. The largest absolute Gasteiger partial charge is 0.382 e. The van der Waals surface area contributed by atoms with E-state index in [0.717, 1.165) is 13.1 Å². The Morgan fingerprint density at radius 1 is 1.33 bits per heavy atom. The Bertz CT molecular complexity index is 510. The number of carbonyl (C=O) groups excluding carboxylic acids is 1. The third-order valence-electron chi connectivity index (χ3n) is 3.49. The van der Waals surface area contributed by atoms with E-state index in [4.69, 9.17) is 5.73 Å². The standard InChI is InChI=1S/C15H26N4OS/c1-9-6-10(2)8-19(7-9)13(20)11-12(16)17-14(21-11)18-15(3,4)5/h9-10H,6-8,16H2,1-5H3,(H,17,18). The summed E-state index contributed by atoms with van der Waals surface area (Å²) < 4.78 is 0. The van der Waals surface area contributed by atoms with Crippen LogP contribution in [0.3, 0.4) is 0 Å². The number of aromatic nitrogens is 1. The quantitative estimate of drug-likeness (QED) is 0.880. The van der Waals surface area contributed by atoms with Crippen molar-refractivity contribution in [1.29, 1.82) is 0 Å². The number of anilines is 2. The molecule has 0 bridgehead atoms. The van der Waals surface area contributed by atoms with Crippen molar-refractivity contribution in [3.05, 3.63) is 4.88 Å². The van der Waals surface area contributed by atoms with Crippen LogP contribution >= 0.6 is 11.3 Å². The van der Waals surface area contributed by atoms with Crippen molar-refractivity contribution in [2.24, 2.45) is 11.8 Å². The van der Waals surface area contributed by atoms with Crippen LogP contribution in [0.5, 0.6) is 0 Å². The number of nitrogens with zero attached hydrogens (tertiary/aromatic N) is 2. The number of amides is 1. The van der Waals surface area contributed by atoms with E-state index in [-0.39, 0.29) is 11.4 Å². The summed E-state index contributed by atoms with van der Waals surface area (Å²) in [6.07, 6.45) is 1.18. The summed E-state index contributed by atoms with van der Waals surface area (Å²) in [5, 5.41) is 3.98. The number of likely N-dealkylation sites (tertiary alicyclic amines) is 1. The Kier molecular flexibility index (Phi) is 4.46. The molecule has 2 heterocycles. The van der Waals surface area contributed by atoms with Gasteiger partial charge in [0.1, 0.15) is 10.7 Å². The molecular formula is C15H26N4OS. The Balaban J connectivity index is 2.15. The van der Waals surface area contributed by atoms with Crippen molar-refractivity contribution in [3.63, 3.8) is 0 Å². The highest BCUT2D eigenvalue weighted by molar-refractivity contribution is 7.18. The van der Waals surface area contributed by atoms with Gasteiger partial charge >= 0.3 is 0 Å². The summed E-state index contributed by atoms with van der Waals surface area (Å²) in [5.74, 6) is 1.44. The van der Waals surface area contributed by atoms with Crippen LogP contribution in [0.15, 0.2) is 0 Å². The minimum Gasteiger partial charge on any atom is -0.382 e. The fourth-order valence-corrected chi connectivity index (χ4v) is 3.89. The molecule has 0 aromatic carbocycles. The summed E-state index contributed by atoms with van der Waals surface area (Å²) in [5.41, 5.74) is 5.85. The van der Waals surface area contributed by atoms with Crippen molar-refractivity contribution < 1.29 is 4.79 Å². The molecule has 0 spiro atoms. The molecule has 1 aromatic rings. The number of nitrogens with two attached hydrogens (primary N) is 1. The van der Waals surface area contributed by atoms with Gasteiger partial charge in [-0.05, 0) is 39.0 Å². The molecule has 2 unspecified atom stereocenters. The normalized spacial score (nSPS) is 23.2. The summed E-state index contributed by atoms with van der Waals surface area (Å²) in [6, 6.07) is 0. The van der Waals surface area contributed by atoms with Gasteiger partial charge in [-0.3, -0.25) is 4.79 Å². The van der Waals surface area contributed by atoms with Crippen LogP contribution in [-0.2, 0) is 0 Å². The second-order valence-corrected chi connectivity index (χ2v) is 8.26. The fourth-order valence-electron chi connectivity index (χ4n) is 2.83. The van der Waals surface area contributed by atoms with Crippen LogP contribution < -0.4 is 11.1 Å². The van der Waals surface area contributed by atoms with Crippen LogP contribution in [0.4, 0.5) is 10.9 Å². The maximum atomic E-state index is 12.7. The summed E-state index contributed by atoms with van der Waals surface area (Å²) in [6.45, 7) is 12.2. The number of nitrogens with one attached hydrogen (secondary N) is 1. The highest BCUT2D eigenvalue weighted by Gasteiger charge is 2.29. The molecule has 1 aliphatic heterocycles. The van der Waals surface area contributed by atoms with E-state index >= 15 is 0 Å². The third-order valence-corrected chi connectivity index (χ3v) is 4.46. The van der Waals surface area contributed by atoms with Gasteiger partial charge in [0.25, 0.3) is 5.91 Å². The van der Waals surface area contributed by atoms with Gasteiger partial charge in [-0.1, -0.05) is 25.2 Å². The lowest BCUT2D eigenvalue weighted by molar-refractivity contribution is 0.0629. The summed E-state index contributed by atoms with van der Waals surface area (Å²) >= 11 is 1.35. The van der Waals surface area contributed by atoms with Gasteiger partial charge in [-0.2, -0.15) is 0 Å². The van der Waals surface area contributed by atoms with Crippen LogP contribution in [0.25, 0.3) is 0 Å². The number of thiazole rings is 1. The lowest BCUT2D eigenvalue weighted by Crippen LogP contribution is -2.42. The molecule has 0 aliphatic carbocycles. The van der Waals surface area contributed by atoms with Gasteiger partial charge in [-0.15, -0.1) is 0 Å². The molecule has 3 N–H and O–H groups in total. The Labute approximate surface area is 130 Å². The Hall–Kier alpha value is -1.30. The predicted octanol–water partition coefficient (Wildman–Crippen LogP) is 3.05. The first kappa shape index (κ1) is 16.1. The second kappa shape index (κ2) is 5.83. The fraction of sp³-hybridized carbons (Fsp3) is 0.733. The topological polar surface area (TPSA) is 71.2 Å². The smallest absolute Gasteiger partial charge is 0.267 e.